The predicted molar refractivity (Wildman–Crippen MR) is 154 cm³/mol. The third kappa shape index (κ3) is 7.49. The molecule has 12 heteroatoms. The molecule has 1 N–H and O–H groups in total. The van der Waals surface area contributed by atoms with E-state index in [1.807, 2.05) is 26.8 Å². The van der Waals surface area contributed by atoms with Gasteiger partial charge in [0, 0.05) is 16.6 Å². The lowest BCUT2D eigenvalue weighted by Crippen LogP contribution is -2.25. The van der Waals surface area contributed by atoms with Crippen molar-refractivity contribution in [1.29, 1.82) is 0 Å². The topological polar surface area (TPSA) is 120 Å². The molecule has 3 aromatic rings. The Morgan fingerprint density at radius 2 is 1.76 bits per heavy atom. The molecule has 38 heavy (non-hydrogen) atoms. The van der Waals surface area contributed by atoms with E-state index in [9.17, 15) is 19.7 Å². The molecule has 0 atom stereocenters. The average Bonchev–Trinajstić information content (AvgIpc) is 2.88. The van der Waals surface area contributed by atoms with E-state index in [0.29, 0.717) is 15.8 Å². The predicted octanol–water partition coefficient (Wildman–Crippen LogP) is 7.06. The first-order valence-electron chi connectivity index (χ1n) is 11.2. The van der Waals surface area contributed by atoms with Gasteiger partial charge in [0.1, 0.15) is 11.5 Å². The summed E-state index contributed by atoms with van der Waals surface area (Å²) in [4.78, 5) is 34.9. The molecule has 0 fully saturated rings. The van der Waals surface area contributed by atoms with E-state index in [1.54, 1.807) is 18.2 Å². The highest BCUT2D eigenvalue weighted by Gasteiger charge is 2.18. The maximum Gasteiger partial charge on any atom is 0.343 e. The second kappa shape index (κ2) is 13.1. The number of ether oxygens (including phenoxy) is 2. The zero-order valence-electron chi connectivity index (χ0n) is 20.5. The van der Waals surface area contributed by atoms with Gasteiger partial charge in [-0.1, -0.05) is 29.8 Å². The highest BCUT2D eigenvalue weighted by atomic mass is 79.9. The summed E-state index contributed by atoms with van der Waals surface area (Å²) in [7, 11) is 0. The van der Waals surface area contributed by atoms with Crippen molar-refractivity contribution in [2.75, 3.05) is 6.61 Å². The Morgan fingerprint density at radius 1 is 1.08 bits per heavy atom. The monoisotopic (exact) mass is 709 g/mol. The Bertz CT molecular complexity index is 1410. The minimum atomic E-state index is -0.664. The van der Waals surface area contributed by atoms with Crippen LogP contribution in [0.25, 0.3) is 0 Å². The van der Waals surface area contributed by atoms with Crippen LogP contribution >= 0.6 is 47.8 Å². The highest BCUT2D eigenvalue weighted by molar-refractivity contribution is 9.11. The molecule has 0 saturated carbocycles. The summed E-state index contributed by atoms with van der Waals surface area (Å²) in [5, 5.41) is 14.7. The molecule has 0 bridgehead atoms. The molecule has 198 valence electrons. The van der Waals surface area contributed by atoms with Gasteiger partial charge in [-0.25, -0.2) is 10.2 Å². The number of rotatable bonds is 9. The van der Waals surface area contributed by atoms with Crippen LogP contribution in [0.4, 0.5) is 5.69 Å². The van der Waals surface area contributed by atoms with E-state index < -0.39 is 16.8 Å². The number of esters is 1. The number of nitrogens with one attached hydrogen (secondary N) is 1. The average molecular weight is 712 g/mol. The molecule has 0 radical (unpaired) electrons. The molecule has 1 amide bonds. The number of hydrogen-bond acceptors (Lipinski definition) is 7. The van der Waals surface area contributed by atoms with E-state index in [0.717, 1.165) is 20.1 Å². The standard InChI is InChI=1S/C26H22Br3N3O6/c1-14(2)19-11-20(27)15(3)24(29)25(19)37-13-23(33)31-30-12-16-4-9-22(21(28)10-16)38-26(34)17-5-7-18(8-6-17)32(35)36/h4-12,14H,13H2,1-3H3,(H,31,33). The minimum absolute atomic E-state index is 0.124. The molecule has 0 aliphatic rings. The van der Waals surface area contributed by atoms with Crippen LogP contribution in [-0.2, 0) is 4.79 Å². The van der Waals surface area contributed by atoms with Crippen LogP contribution in [0.2, 0.25) is 0 Å². The van der Waals surface area contributed by atoms with Crippen LogP contribution in [0.15, 0.2) is 67.1 Å². The van der Waals surface area contributed by atoms with E-state index in [4.69, 9.17) is 9.47 Å². The zero-order chi connectivity index (χ0) is 28.0. The fourth-order valence-corrected chi connectivity index (χ4v) is 4.94. The van der Waals surface area contributed by atoms with E-state index in [-0.39, 0.29) is 29.5 Å². The number of nitrogens with zero attached hydrogens (tertiary/aromatic N) is 2. The number of nitro benzene ring substituents is 1. The lowest BCUT2D eigenvalue weighted by molar-refractivity contribution is -0.384. The molecule has 0 aliphatic carbocycles. The molecule has 0 spiro atoms. The minimum Gasteiger partial charge on any atom is -0.482 e. The maximum atomic E-state index is 12.4. The maximum absolute atomic E-state index is 12.4. The fraction of sp³-hybridized carbons (Fsp3) is 0.192. The van der Waals surface area contributed by atoms with Crippen LogP contribution in [0.3, 0.4) is 0 Å². The van der Waals surface area contributed by atoms with Gasteiger partial charge in [-0.3, -0.25) is 14.9 Å². The van der Waals surface area contributed by atoms with Crippen molar-refractivity contribution < 1.29 is 24.0 Å². The molecule has 3 rings (SSSR count). The van der Waals surface area contributed by atoms with Gasteiger partial charge in [0.25, 0.3) is 11.6 Å². The number of amides is 1. The Balaban J connectivity index is 1.58. The van der Waals surface area contributed by atoms with Crippen LogP contribution in [0, 0.1) is 17.0 Å². The Hall–Kier alpha value is -3.09. The summed E-state index contributed by atoms with van der Waals surface area (Å²) < 4.78 is 13.4. The lowest BCUT2D eigenvalue weighted by Gasteiger charge is -2.18. The number of carbonyl (C=O) groups excluding carboxylic acids is 2. The molecular weight excluding hydrogens is 690 g/mol. The number of halogens is 3. The summed E-state index contributed by atoms with van der Waals surface area (Å²) in [6.07, 6.45) is 1.43. The van der Waals surface area contributed by atoms with E-state index in [2.05, 4.69) is 58.3 Å². The third-order valence-corrected chi connectivity index (χ3v) is 7.67. The first kappa shape index (κ1) is 29.5. The van der Waals surface area contributed by atoms with Crippen molar-refractivity contribution in [2.24, 2.45) is 5.10 Å². The molecule has 3 aromatic carbocycles. The van der Waals surface area contributed by atoms with Crippen molar-refractivity contribution in [2.45, 2.75) is 26.7 Å². The van der Waals surface area contributed by atoms with Crippen LogP contribution in [-0.4, -0.2) is 29.6 Å². The zero-order valence-corrected chi connectivity index (χ0v) is 25.2. The van der Waals surface area contributed by atoms with Gasteiger partial charge >= 0.3 is 5.97 Å². The number of nitro groups is 1. The molecule has 9 nitrogen and oxygen atoms in total. The normalized spacial score (nSPS) is 11.0. The van der Waals surface area contributed by atoms with Gasteiger partial charge < -0.3 is 9.47 Å². The van der Waals surface area contributed by atoms with Crippen molar-refractivity contribution in [3.8, 4) is 11.5 Å². The van der Waals surface area contributed by atoms with Gasteiger partial charge in [-0.15, -0.1) is 0 Å². The SMILES string of the molecule is Cc1c(Br)cc(C(C)C)c(OCC(=O)NN=Cc2ccc(OC(=O)c3ccc([N+](=O)[O-])cc3)c(Br)c2)c1Br. The van der Waals surface area contributed by atoms with Gasteiger partial charge in [0.2, 0.25) is 0 Å². The van der Waals surface area contributed by atoms with Crippen LogP contribution in [0.1, 0.15) is 46.8 Å². The summed E-state index contributed by atoms with van der Waals surface area (Å²) in [5.41, 5.74) is 5.03. The smallest absolute Gasteiger partial charge is 0.343 e. The molecule has 0 heterocycles. The van der Waals surface area contributed by atoms with Gasteiger partial charge in [-0.2, -0.15) is 5.10 Å². The second-order valence-corrected chi connectivity index (χ2v) is 10.8. The summed E-state index contributed by atoms with van der Waals surface area (Å²) in [6, 6.07) is 11.9. The van der Waals surface area contributed by atoms with Gasteiger partial charge in [0.15, 0.2) is 6.61 Å². The molecule has 0 aliphatic heterocycles. The first-order chi connectivity index (χ1) is 18.0. The largest absolute Gasteiger partial charge is 0.482 e. The third-order valence-electron chi connectivity index (χ3n) is 5.28. The summed E-state index contributed by atoms with van der Waals surface area (Å²) in [6.45, 7) is 5.80. The lowest BCUT2D eigenvalue weighted by atomic mass is 10.0. The van der Waals surface area contributed by atoms with Crippen molar-refractivity contribution >= 4 is 71.6 Å². The molecule has 0 aromatic heterocycles. The highest BCUT2D eigenvalue weighted by Crippen LogP contribution is 2.40. The van der Waals surface area contributed by atoms with Gasteiger partial charge in [-0.05, 0) is 97.8 Å². The van der Waals surface area contributed by atoms with Crippen molar-refractivity contribution in [3.05, 3.63) is 94.3 Å². The van der Waals surface area contributed by atoms with Crippen molar-refractivity contribution in [1.82, 2.24) is 5.43 Å². The fourth-order valence-electron chi connectivity index (χ4n) is 3.19. The molecule has 0 unspecified atom stereocenters. The Morgan fingerprint density at radius 3 is 2.37 bits per heavy atom. The number of hydrogen-bond donors (Lipinski definition) is 1. The summed E-state index contributed by atoms with van der Waals surface area (Å²) >= 11 is 10.4. The van der Waals surface area contributed by atoms with Crippen LogP contribution < -0.4 is 14.9 Å². The molecule has 0 saturated heterocycles. The Kier molecular flexibility index (Phi) is 10.2. The van der Waals surface area contributed by atoms with E-state index in [1.165, 1.54) is 30.5 Å². The molecular formula is C26H22Br3N3O6. The van der Waals surface area contributed by atoms with Crippen molar-refractivity contribution in [3.63, 3.8) is 0 Å². The quantitative estimate of drug-likeness (QED) is 0.0835. The second-order valence-electron chi connectivity index (χ2n) is 8.34. The number of carbonyl (C=O) groups is 2. The van der Waals surface area contributed by atoms with E-state index >= 15 is 0 Å². The summed E-state index contributed by atoms with van der Waals surface area (Å²) in [5.74, 6) is -0.0466. The Labute approximate surface area is 244 Å². The van der Waals surface area contributed by atoms with Gasteiger partial charge in [0.05, 0.1) is 25.6 Å². The number of hydrazone groups is 1. The number of non-ortho nitro benzene ring substituents is 1. The first-order valence-corrected chi connectivity index (χ1v) is 13.5. The number of benzene rings is 3. The van der Waals surface area contributed by atoms with Crippen LogP contribution in [0.5, 0.6) is 11.5 Å².